The van der Waals surface area contributed by atoms with Gasteiger partial charge in [-0.3, -0.25) is 0 Å². The first-order valence-corrected chi connectivity index (χ1v) is 14.7. The number of aliphatic hydroxyl groups excluding tert-OH is 1. The zero-order valence-electron chi connectivity index (χ0n) is 24.1. The van der Waals surface area contributed by atoms with E-state index in [1.54, 1.807) is 0 Å². The van der Waals surface area contributed by atoms with Gasteiger partial charge in [-0.25, -0.2) is 0 Å². The van der Waals surface area contributed by atoms with Gasteiger partial charge in [-0.2, -0.15) is 0 Å². The smallest absolute Gasteiger partial charge is 0.0700 e. The fourth-order valence-electron chi connectivity index (χ4n) is 9.05. The Bertz CT molecular complexity index is 664. The molecule has 0 heterocycles. The Hall–Kier alpha value is -0.120. The normalized spacial score (nSPS) is 44.3. The molecule has 9 atom stereocenters. The Morgan fingerprint density at radius 1 is 0.912 bits per heavy atom. The Balaban J connectivity index is 1.75. The van der Waals surface area contributed by atoms with E-state index in [4.69, 9.17) is 4.74 Å². The van der Waals surface area contributed by atoms with Gasteiger partial charge in [0.2, 0.25) is 0 Å². The summed E-state index contributed by atoms with van der Waals surface area (Å²) in [7, 11) is 0. The van der Waals surface area contributed by atoms with Crippen molar-refractivity contribution in [1.29, 1.82) is 0 Å². The molecular formula is C31H58O3. The van der Waals surface area contributed by atoms with Crippen LogP contribution in [0.5, 0.6) is 0 Å². The maximum Gasteiger partial charge on any atom is 0.0700 e. The molecule has 0 aromatic carbocycles. The number of fused-ring (bicyclic) bond motifs is 1. The zero-order valence-corrected chi connectivity index (χ0v) is 24.1. The third-order valence-electron chi connectivity index (χ3n) is 11.0. The summed E-state index contributed by atoms with van der Waals surface area (Å²) in [5.41, 5.74) is -0.773. The van der Waals surface area contributed by atoms with Crippen LogP contribution in [0.2, 0.25) is 0 Å². The monoisotopic (exact) mass is 478 g/mol. The number of hydrogen-bond donors (Lipinski definition) is 2. The fourth-order valence-corrected chi connectivity index (χ4v) is 9.05. The molecule has 0 spiro atoms. The molecule has 2 N–H and O–H groups in total. The van der Waals surface area contributed by atoms with Crippen LogP contribution in [0, 0.1) is 46.3 Å². The molecule has 0 amide bonds. The minimum absolute atomic E-state index is 0.118. The van der Waals surface area contributed by atoms with Gasteiger partial charge in [-0.15, -0.1) is 0 Å². The summed E-state index contributed by atoms with van der Waals surface area (Å²) in [5, 5.41) is 22.6. The van der Waals surface area contributed by atoms with Gasteiger partial charge in [0.15, 0.2) is 0 Å². The second-order valence-corrected chi connectivity index (χ2v) is 14.9. The predicted octanol–water partition coefficient (Wildman–Crippen LogP) is 7.62. The van der Waals surface area contributed by atoms with E-state index in [9.17, 15) is 10.2 Å². The molecule has 0 unspecified atom stereocenters. The van der Waals surface area contributed by atoms with Crippen LogP contribution < -0.4 is 0 Å². The zero-order chi connectivity index (χ0) is 25.5. The lowest BCUT2D eigenvalue weighted by atomic mass is 9.47. The molecule has 0 saturated heterocycles. The largest absolute Gasteiger partial charge is 0.396 e. The standard InChI is InChI=1S/C31H58O3/c1-21(2)11-10-12-22(3)25-13-14-26-24(20-32)27(16-17-29(25,26)7)30(8)18-15-23(19-31(30,9)33)34-28(4,5)6/h21-27,32-33H,10-20H2,1-9H3/t22-,23-,24-,25-,26+,27+,29-,30-,31+/m0/s1. The van der Waals surface area contributed by atoms with Crippen LogP contribution in [0.3, 0.4) is 0 Å². The lowest BCUT2D eigenvalue weighted by Gasteiger charge is -2.60. The Morgan fingerprint density at radius 2 is 1.59 bits per heavy atom. The van der Waals surface area contributed by atoms with Crippen molar-refractivity contribution >= 4 is 0 Å². The third-order valence-corrected chi connectivity index (χ3v) is 11.0. The molecule has 3 nitrogen and oxygen atoms in total. The predicted molar refractivity (Wildman–Crippen MR) is 143 cm³/mol. The highest BCUT2D eigenvalue weighted by molar-refractivity contribution is 5.10. The average molecular weight is 479 g/mol. The van der Waals surface area contributed by atoms with E-state index >= 15 is 0 Å². The van der Waals surface area contributed by atoms with Crippen LogP contribution in [-0.4, -0.2) is 34.1 Å². The highest BCUT2D eigenvalue weighted by Gasteiger charge is 2.61. The van der Waals surface area contributed by atoms with E-state index in [2.05, 4.69) is 62.3 Å². The van der Waals surface area contributed by atoms with E-state index < -0.39 is 5.60 Å². The number of rotatable bonds is 8. The van der Waals surface area contributed by atoms with Crippen LogP contribution in [0.15, 0.2) is 0 Å². The highest BCUT2D eigenvalue weighted by Crippen LogP contribution is 2.65. The van der Waals surface area contributed by atoms with Crippen molar-refractivity contribution in [2.75, 3.05) is 6.61 Å². The summed E-state index contributed by atoms with van der Waals surface area (Å²) in [6.45, 7) is 20.7. The molecule has 200 valence electrons. The molecule has 34 heavy (non-hydrogen) atoms. The van der Waals surface area contributed by atoms with Gasteiger partial charge in [0.25, 0.3) is 0 Å². The van der Waals surface area contributed by atoms with E-state index in [0.29, 0.717) is 29.6 Å². The van der Waals surface area contributed by atoms with Crippen molar-refractivity contribution in [3.8, 4) is 0 Å². The van der Waals surface area contributed by atoms with Crippen LogP contribution in [0.25, 0.3) is 0 Å². The van der Waals surface area contributed by atoms with E-state index in [1.807, 2.05) is 0 Å². The second-order valence-electron chi connectivity index (χ2n) is 14.9. The quantitative estimate of drug-likeness (QED) is 0.377. The summed E-state index contributed by atoms with van der Waals surface area (Å²) in [6, 6.07) is 0. The lowest BCUT2D eigenvalue weighted by molar-refractivity contribution is -0.203. The van der Waals surface area contributed by atoms with Crippen LogP contribution in [0.1, 0.15) is 127 Å². The molecule has 3 saturated carbocycles. The molecule has 0 bridgehead atoms. The van der Waals surface area contributed by atoms with Crippen LogP contribution in [0.4, 0.5) is 0 Å². The number of ether oxygens (including phenoxy) is 1. The van der Waals surface area contributed by atoms with Crippen molar-refractivity contribution in [3.05, 3.63) is 0 Å². The molecule has 3 rings (SSSR count). The van der Waals surface area contributed by atoms with E-state index in [-0.39, 0.29) is 23.7 Å². The van der Waals surface area contributed by atoms with Gasteiger partial charge >= 0.3 is 0 Å². The van der Waals surface area contributed by atoms with Crippen LogP contribution in [-0.2, 0) is 4.74 Å². The third kappa shape index (κ3) is 5.57. The van der Waals surface area contributed by atoms with Crippen LogP contribution >= 0.6 is 0 Å². The minimum atomic E-state index is -0.769. The van der Waals surface area contributed by atoms with Crippen molar-refractivity contribution in [2.45, 2.75) is 144 Å². The first-order valence-electron chi connectivity index (χ1n) is 14.7. The molecule has 3 aliphatic carbocycles. The SMILES string of the molecule is CC(C)CCC[C@H](C)[C@@H]1CC[C@@H]2[C@H](CO)[C@H]([C@]3(C)CC[C@H](OC(C)(C)C)C[C@@]3(C)O)CC[C@]21C. The summed E-state index contributed by atoms with van der Waals surface area (Å²) in [6.07, 6.45) is 11.8. The molecule has 0 aliphatic heterocycles. The van der Waals surface area contributed by atoms with Gasteiger partial charge in [-0.1, -0.05) is 53.9 Å². The molecule has 3 heteroatoms. The first kappa shape index (κ1) is 28.5. The average Bonchev–Trinajstić information content (AvgIpc) is 3.05. The van der Waals surface area contributed by atoms with Crippen molar-refractivity contribution in [1.82, 2.24) is 0 Å². The molecular weight excluding hydrogens is 420 g/mol. The van der Waals surface area contributed by atoms with Crippen molar-refractivity contribution in [2.24, 2.45) is 46.3 Å². The molecule has 0 aromatic heterocycles. The Kier molecular flexibility index (Phi) is 8.64. The Morgan fingerprint density at radius 3 is 2.15 bits per heavy atom. The van der Waals surface area contributed by atoms with Gasteiger partial charge in [0.1, 0.15) is 0 Å². The summed E-state index contributed by atoms with van der Waals surface area (Å²) >= 11 is 0. The van der Waals surface area contributed by atoms with Gasteiger partial charge < -0.3 is 14.9 Å². The van der Waals surface area contributed by atoms with Gasteiger partial charge in [0.05, 0.1) is 17.3 Å². The highest BCUT2D eigenvalue weighted by atomic mass is 16.5. The molecule has 0 radical (unpaired) electrons. The summed E-state index contributed by atoms with van der Waals surface area (Å²) < 4.78 is 6.31. The fraction of sp³-hybridized carbons (Fsp3) is 1.00. The number of hydrogen-bond acceptors (Lipinski definition) is 3. The summed E-state index contributed by atoms with van der Waals surface area (Å²) in [5.74, 6) is 3.63. The van der Waals surface area contributed by atoms with E-state index in [0.717, 1.165) is 37.0 Å². The molecule has 3 aliphatic rings. The maximum atomic E-state index is 11.9. The maximum absolute atomic E-state index is 11.9. The van der Waals surface area contributed by atoms with Gasteiger partial charge in [0, 0.05) is 13.0 Å². The van der Waals surface area contributed by atoms with Crippen molar-refractivity contribution < 1.29 is 14.9 Å². The Labute approximate surface area is 211 Å². The van der Waals surface area contributed by atoms with E-state index in [1.165, 1.54) is 38.5 Å². The minimum Gasteiger partial charge on any atom is -0.396 e. The lowest BCUT2D eigenvalue weighted by Crippen LogP contribution is -2.59. The summed E-state index contributed by atoms with van der Waals surface area (Å²) in [4.78, 5) is 0. The molecule has 0 aromatic rings. The van der Waals surface area contributed by atoms with Crippen molar-refractivity contribution in [3.63, 3.8) is 0 Å². The molecule has 3 fully saturated rings. The van der Waals surface area contributed by atoms with Gasteiger partial charge in [-0.05, 0) is 113 Å². The second kappa shape index (κ2) is 10.3. The first-order chi connectivity index (χ1) is 15.6. The number of aliphatic hydroxyl groups is 2. The topological polar surface area (TPSA) is 49.7 Å².